The zero-order valence-electron chi connectivity index (χ0n) is 58.1. The number of carbonyl (C=O) groups excluding carboxylic acids is 2. The third-order valence-electron chi connectivity index (χ3n) is 24.6. The number of benzene rings is 4. The second kappa shape index (κ2) is 32.3. The number of methoxy groups -OCH3 is 2. The van der Waals surface area contributed by atoms with Crippen LogP contribution in [0, 0.1) is 65.1 Å². The van der Waals surface area contributed by atoms with Crippen molar-refractivity contribution >= 4 is 46.2 Å². The lowest BCUT2D eigenvalue weighted by Gasteiger charge is -2.42. The summed E-state index contributed by atoms with van der Waals surface area (Å²) in [5.41, 5.74) is 5.75. The first-order valence-electron chi connectivity index (χ1n) is 37.4. The molecule has 0 spiro atoms. The molecule has 8 aliphatic carbocycles. The van der Waals surface area contributed by atoms with E-state index in [0.29, 0.717) is 12.2 Å². The number of hydrogen-bond donors (Lipinski definition) is 3. The van der Waals surface area contributed by atoms with E-state index in [4.69, 9.17) is 9.47 Å². The molecular formula is C78H110F3N11O5. The van der Waals surface area contributed by atoms with Crippen molar-refractivity contribution in [2.24, 2.45) is 65.1 Å². The van der Waals surface area contributed by atoms with Crippen LogP contribution in [0.3, 0.4) is 0 Å². The molecule has 4 aromatic carbocycles. The number of alkyl halides is 3. The highest BCUT2D eigenvalue weighted by Crippen LogP contribution is 2.51. The molecule has 19 heteroatoms. The molecule has 4 saturated heterocycles. The first-order valence-corrected chi connectivity index (χ1v) is 37.4. The Balaban J connectivity index is 0.000000117. The lowest BCUT2D eigenvalue weighted by atomic mass is 9.88. The summed E-state index contributed by atoms with van der Waals surface area (Å²) in [6.45, 7) is 22.8. The second-order valence-electron chi connectivity index (χ2n) is 30.4. The fraction of sp³-hybridized carbons (Fsp3) is 0.641. The molecule has 3 N–H and O–H groups in total. The van der Waals surface area contributed by atoms with E-state index >= 15 is 0 Å². The number of rotatable bonds is 16. The smallest absolute Gasteiger partial charge is 0.495 e. The van der Waals surface area contributed by atoms with Crippen LogP contribution in [0.5, 0.6) is 11.5 Å². The predicted molar refractivity (Wildman–Crippen MR) is 383 cm³/mol. The largest absolute Gasteiger partial charge is 0.573 e. The molecule has 16 rings (SSSR count). The van der Waals surface area contributed by atoms with Gasteiger partial charge < -0.3 is 44.4 Å². The average Bonchev–Trinajstić information content (AvgIpc) is 1.81. The maximum absolute atomic E-state index is 12.6. The molecule has 4 heterocycles. The highest BCUT2D eigenvalue weighted by atomic mass is 19.4. The summed E-state index contributed by atoms with van der Waals surface area (Å²) < 4.78 is 52.2. The maximum atomic E-state index is 12.6. The Morgan fingerprint density at radius 3 is 1.34 bits per heavy atom. The third-order valence-corrected chi connectivity index (χ3v) is 24.6. The number of ether oxygens (including phenoxy) is 3. The van der Waals surface area contributed by atoms with E-state index in [1.807, 2.05) is 48.2 Å². The van der Waals surface area contributed by atoms with Crippen molar-refractivity contribution in [1.29, 1.82) is 0 Å². The normalized spacial score (nSPS) is 29.7. The Hall–Kier alpha value is -6.41. The molecule has 0 aromatic heterocycles. The number of nitrogens with one attached hydrogen (secondary N) is 3. The van der Waals surface area contributed by atoms with Gasteiger partial charge in [-0.3, -0.25) is 24.9 Å². The molecule has 12 atom stereocenters. The van der Waals surface area contributed by atoms with Crippen LogP contribution >= 0.6 is 0 Å². The Labute approximate surface area is 575 Å². The molecule has 97 heavy (non-hydrogen) atoms. The van der Waals surface area contributed by atoms with Crippen molar-refractivity contribution in [3.05, 3.63) is 109 Å². The molecule has 12 unspecified atom stereocenters. The van der Waals surface area contributed by atoms with E-state index in [1.165, 1.54) is 135 Å². The van der Waals surface area contributed by atoms with Gasteiger partial charge in [-0.1, -0.05) is 79.9 Å². The summed E-state index contributed by atoms with van der Waals surface area (Å²) in [6, 6.07) is 31.7. The van der Waals surface area contributed by atoms with Gasteiger partial charge in [0.05, 0.1) is 48.3 Å². The molecular weight excluding hydrogens is 1230 g/mol. The number of carbonyl (C=O) groups is 2. The summed E-state index contributed by atoms with van der Waals surface area (Å²) in [7, 11) is 3.16. The molecule has 8 bridgehead atoms. The number of hydrogen-bond acceptors (Lipinski definition) is 13. The number of amides is 3. The fourth-order valence-corrected chi connectivity index (χ4v) is 19.8. The fourth-order valence-electron chi connectivity index (χ4n) is 19.8. The van der Waals surface area contributed by atoms with Crippen molar-refractivity contribution in [1.82, 2.24) is 24.9 Å². The summed E-state index contributed by atoms with van der Waals surface area (Å²) in [6.07, 6.45) is 20.1. The van der Waals surface area contributed by atoms with Gasteiger partial charge in [0.15, 0.2) is 5.75 Å². The molecule has 7 saturated carbocycles. The molecule has 528 valence electrons. The highest BCUT2D eigenvalue weighted by Gasteiger charge is 2.45. The number of anilines is 6. The Kier molecular flexibility index (Phi) is 23.0. The topological polar surface area (TPSA) is 124 Å². The SMILES string of the molecule is CCNC(=O)Nc1ccccc1N1CCN(CC2CC3CCC2C3)CC1.COC(=O)Nc1ccccc1N1CCN(CC2CC3CCC2C3)CC1.COc1ccccc1N1CCN(C2CC3CCC2C3)CC1.FC(F)(F)Oc1ccccc1N1CCN(CC2CC3C=CC2C3)CC1. The van der Waals surface area contributed by atoms with E-state index in [1.54, 1.807) is 25.3 Å². The molecule has 4 aliphatic heterocycles. The van der Waals surface area contributed by atoms with E-state index in [0.717, 1.165) is 198 Å². The maximum Gasteiger partial charge on any atom is 0.573 e. The van der Waals surface area contributed by atoms with Gasteiger partial charge in [-0.2, -0.15) is 0 Å². The van der Waals surface area contributed by atoms with Crippen LogP contribution in [-0.4, -0.2) is 189 Å². The van der Waals surface area contributed by atoms with Crippen LogP contribution in [0.2, 0.25) is 0 Å². The van der Waals surface area contributed by atoms with E-state index < -0.39 is 12.5 Å². The van der Waals surface area contributed by atoms with Gasteiger partial charge in [0, 0.05) is 137 Å². The van der Waals surface area contributed by atoms with Crippen LogP contribution in [-0.2, 0) is 4.74 Å². The Bertz CT molecular complexity index is 3220. The molecule has 11 fully saturated rings. The van der Waals surface area contributed by atoms with Crippen molar-refractivity contribution in [3.8, 4) is 11.5 Å². The van der Waals surface area contributed by atoms with Gasteiger partial charge in [-0.05, 0) is 191 Å². The lowest BCUT2D eigenvalue weighted by molar-refractivity contribution is -0.274. The standard InChI is InChI=1S/C21H32N4O.C20H29N3O2.C19H23F3N2O.C18H26N2O/c1-2-22-21(26)23-19-5-3-4-6-20(19)25-11-9-24(10-12-25)15-18-14-16-7-8-17(18)13-16;1-25-20(24)21-18-4-2-3-5-19(18)23-10-8-22(9-11-23)14-17-13-15-6-7-16(17)12-15;20-19(21,22)25-18-4-2-1-3-17(18)24-9-7-23(8-10-24)13-16-12-14-5-6-15(16)11-14;1-21-18-5-3-2-4-16(18)19-8-10-20(11-9-19)17-13-14-6-7-15(17)12-14/h3-6,16-18H,2,7-15H2,1H3,(H2,22,23,26);2-5,15-17H,6-14H2,1H3,(H,21,24);1-6,14-16H,7-13H2;2-5,14-15,17H,6-13H2,1H3. The van der Waals surface area contributed by atoms with Crippen LogP contribution in [0.4, 0.5) is 56.9 Å². The predicted octanol–water partition coefficient (Wildman–Crippen LogP) is 13.7. The number of halogens is 3. The van der Waals surface area contributed by atoms with Gasteiger partial charge in [0.2, 0.25) is 0 Å². The average molecular weight is 1340 g/mol. The van der Waals surface area contributed by atoms with Crippen molar-refractivity contribution in [2.75, 3.05) is 175 Å². The minimum atomic E-state index is -4.66. The van der Waals surface area contributed by atoms with Crippen molar-refractivity contribution in [2.45, 2.75) is 109 Å². The van der Waals surface area contributed by atoms with E-state index in [9.17, 15) is 22.8 Å². The molecule has 0 radical (unpaired) electrons. The summed E-state index contributed by atoms with van der Waals surface area (Å²) in [5.74, 6) is 11.2. The van der Waals surface area contributed by atoms with Crippen LogP contribution in [0.25, 0.3) is 0 Å². The van der Waals surface area contributed by atoms with Crippen LogP contribution in [0.15, 0.2) is 109 Å². The van der Waals surface area contributed by atoms with E-state index in [-0.39, 0.29) is 11.8 Å². The monoisotopic (exact) mass is 1340 g/mol. The second-order valence-corrected chi connectivity index (χ2v) is 30.4. The summed E-state index contributed by atoms with van der Waals surface area (Å²) in [5, 5.41) is 8.63. The van der Waals surface area contributed by atoms with Gasteiger partial charge in [0.1, 0.15) is 5.75 Å². The van der Waals surface area contributed by atoms with E-state index in [2.05, 4.69) is 104 Å². The number of urea groups is 1. The Morgan fingerprint density at radius 2 is 0.907 bits per heavy atom. The number of nitrogens with zero attached hydrogens (tertiary/aromatic N) is 8. The number of piperazine rings is 4. The van der Waals surface area contributed by atoms with Crippen molar-refractivity contribution < 1.29 is 37.0 Å². The zero-order chi connectivity index (χ0) is 66.8. The zero-order valence-corrected chi connectivity index (χ0v) is 58.1. The van der Waals surface area contributed by atoms with Crippen LogP contribution < -0.4 is 45.0 Å². The highest BCUT2D eigenvalue weighted by molar-refractivity contribution is 5.93. The molecule has 16 nitrogen and oxygen atoms in total. The van der Waals surface area contributed by atoms with Gasteiger partial charge in [0.25, 0.3) is 0 Å². The van der Waals surface area contributed by atoms with Gasteiger partial charge in [-0.15, -0.1) is 13.2 Å². The minimum absolute atomic E-state index is 0.110. The Morgan fingerprint density at radius 1 is 0.464 bits per heavy atom. The molecule has 4 aromatic rings. The first-order chi connectivity index (χ1) is 47.3. The number of para-hydroxylation sites is 8. The minimum Gasteiger partial charge on any atom is -0.495 e. The van der Waals surface area contributed by atoms with Gasteiger partial charge >= 0.3 is 18.5 Å². The first kappa shape index (κ1) is 69.1. The quantitative estimate of drug-likeness (QED) is 0.0923. The third kappa shape index (κ3) is 17.6. The lowest BCUT2D eigenvalue weighted by Crippen LogP contribution is -2.51. The van der Waals surface area contributed by atoms with Gasteiger partial charge in [-0.25, -0.2) is 9.59 Å². The number of fused-ring (bicyclic) bond motifs is 8. The summed E-state index contributed by atoms with van der Waals surface area (Å²) >= 11 is 0. The van der Waals surface area contributed by atoms with Crippen LogP contribution in [0.1, 0.15) is 96.8 Å². The summed E-state index contributed by atoms with van der Waals surface area (Å²) in [4.78, 5) is 43.3. The molecule has 3 amide bonds. The number of allylic oxidation sites excluding steroid dienone is 2. The molecule has 12 aliphatic rings. The van der Waals surface area contributed by atoms with Crippen molar-refractivity contribution in [3.63, 3.8) is 0 Å².